The second-order valence-corrected chi connectivity index (χ2v) is 12.2. The van der Waals surface area contributed by atoms with E-state index in [1.165, 1.54) is 0 Å². The summed E-state index contributed by atoms with van der Waals surface area (Å²) in [6, 6.07) is 40.3. The van der Waals surface area contributed by atoms with Gasteiger partial charge in [0, 0.05) is 22.1 Å². The maximum Gasteiger partial charge on any atom is 0.143 e. The van der Waals surface area contributed by atoms with Crippen molar-refractivity contribution in [3.63, 3.8) is 0 Å². The highest BCUT2D eigenvalue weighted by Crippen LogP contribution is 2.45. The van der Waals surface area contributed by atoms with E-state index in [1.54, 1.807) is 4.90 Å². The standard InChI is InChI=1S/C48H31NO/c1-4-15-39-32(10-1)13-7-18-41(39)35-22-27-37(28-23-35)49(38-29-24-36(25-30-38)42-19-8-14-33-11-2-5-16-40(33)42)45-20-9-21-46-47(45)44-31-26-34-12-3-6-17-43(34)48(44)50-46/h1-31H/i3D,6D,9D,12D,17D,20D,21D,26D,31D. The van der Waals surface area contributed by atoms with Gasteiger partial charge in [0.1, 0.15) is 11.2 Å². The second-order valence-electron chi connectivity index (χ2n) is 12.2. The molecule has 234 valence electrons. The molecule has 0 fully saturated rings. The maximum absolute atomic E-state index is 9.50. The predicted octanol–water partition coefficient (Wildman–Crippen LogP) is 13.8. The average molecular weight is 647 g/mol. The summed E-state index contributed by atoms with van der Waals surface area (Å²) in [4.78, 5) is 1.80. The van der Waals surface area contributed by atoms with E-state index in [0.717, 1.165) is 43.8 Å². The zero-order chi connectivity index (χ0) is 40.9. The molecule has 50 heavy (non-hydrogen) atoms. The number of nitrogens with zero attached hydrogens (tertiary/aromatic N) is 1. The predicted molar refractivity (Wildman–Crippen MR) is 212 cm³/mol. The van der Waals surface area contributed by atoms with Crippen LogP contribution in [0.4, 0.5) is 17.1 Å². The highest BCUT2D eigenvalue weighted by Gasteiger charge is 2.21. The van der Waals surface area contributed by atoms with Crippen LogP contribution in [0.3, 0.4) is 0 Å². The molecule has 2 nitrogen and oxygen atoms in total. The molecule has 0 N–H and O–H groups in total. The molecule has 1 aromatic heterocycles. The highest BCUT2D eigenvalue weighted by atomic mass is 16.3. The smallest absolute Gasteiger partial charge is 0.143 e. The Morgan fingerprint density at radius 3 is 1.64 bits per heavy atom. The van der Waals surface area contributed by atoms with Crippen molar-refractivity contribution in [1.82, 2.24) is 0 Å². The molecule has 10 rings (SSSR count). The minimum absolute atomic E-state index is 0.0179. The van der Waals surface area contributed by atoms with Crippen molar-refractivity contribution in [3.05, 3.63) is 188 Å². The van der Waals surface area contributed by atoms with Crippen molar-refractivity contribution in [3.8, 4) is 22.3 Å². The Balaban J connectivity index is 1.27. The van der Waals surface area contributed by atoms with E-state index in [0.29, 0.717) is 11.4 Å². The number of hydrogen-bond donors (Lipinski definition) is 0. The summed E-state index contributed by atoms with van der Waals surface area (Å²) < 4.78 is 86.4. The molecule has 0 bridgehead atoms. The van der Waals surface area contributed by atoms with E-state index in [2.05, 4.69) is 48.5 Å². The minimum Gasteiger partial charge on any atom is -0.455 e. The highest BCUT2D eigenvalue weighted by molar-refractivity contribution is 6.19. The zero-order valence-electron chi connectivity index (χ0n) is 35.6. The van der Waals surface area contributed by atoms with Gasteiger partial charge in [-0.3, -0.25) is 0 Å². The van der Waals surface area contributed by atoms with Gasteiger partial charge < -0.3 is 9.32 Å². The fraction of sp³-hybridized carbons (Fsp3) is 0. The average Bonchev–Trinajstić information content (AvgIpc) is 3.67. The van der Waals surface area contributed by atoms with Crippen LogP contribution in [0.5, 0.6) is 0 Å². The van der Waals surface area contributed by atoms with Gasteiger partial charge in [0.25, 0.3) is 0 Å². The fourth-order valence-corrected chi connectivity index (χ4v) is 7.06. The van der Waals surface area contributed by atoms with E-state index < -0.39 is 42.3 Å². The van der Waals surface area contributed by atoms with Gasteiger partial charge in [-0.05, 0) is 91.6 Å². The lowest BCUT2D eigenvalue weighted by molar-refractivity contribution is 0.672. The zero-order valence-corrected chi connectivity index (χ0v) is 26.6. The van der Waals surface area contributed by atoms with E-state index in [9.17, 15) is 2.74 Å². The van der Waals surface area contributed by atoms with Crippen molar-refractivity contribution in [2.24, 2.45) is 0 Å². The van der Waals surface area contributed by atoms with Crippen molar-refractivity contribution >= 4 is 71.3 Å². The third-order valence-electron chi connectivity index (χ3n) is 9.40. The van der Waals surface area contributed by atoms with Crippen LogP contribution in [0.25, 0.3) is 76.5 Å². The molecule has 0 unspecified atom stereocenters. The monoisotopic (exact) mass is 646 g/mol. The molecular formula is C48H31NO. The second kappa shape index (κ2) is 11.5. The Hall–Kier alpha value is -6.64. The largest absolute Gasteiger partial charge is 0.455 e. The van der Waals surface area contributed by atoms with Crippen LogP contribution in [0.1, 0.15) is 12.3 Å². The Kier molecular flexibility index (Phi) is 4.76. The van der Waals surface area contributed by atoms with E-state index in [1.807, 2.05) is 84.9 Å². The lowest BCUT2D eigenvalue weighted by Crippen LogP contribution is -2.10. The lowest BCUT2D eigenvalue weighted by atomic mass is 9.97. The van der Waals surface area contributed by atoms with Crippen molar-refractivity contribution in [1.29, 1.82) is 0 Å². The molecule has 0 saturated carbocycles. The van der Waals surface area contributed by atoms with Gasteiger partial charge in [0.2, 0.25) is 0 Å². The molecule has 0 aliphatic rings. The molecule has 0 amide bonds. The van der Waals surface area contributed by atoms with E-state index in [4.69, 9.17) is 14.0 Å². The molecule has 0 aliphatic carbocycles. The summed E-state index contributed by atoms with van der Waals surface area (Å²) in [6.07, 6.45) is 0. The number of anilines is 3. The molecule has 0 atom stereocenters. The molecule has 1 heterocycles. The van der Waals surface area contributed by atoms with Gasteiger partial charge in [-0.2, -0.15) is 0 Å². The van der Waals surface area contributed by atoms with Crippen LogP contribution in [-0.4, -0.2) is 0 Å². The van der Waals surface area contributed by atoms with Gasteiger partial charge in [0.05, 0.1) is 23.4 Å². The van der Waals surface area contributed by atoms with Crippen LogP contribution < -0.4 is 4.90 Å². The van der Waals surface area contributed by atoms with E-state index >= 15 is 0 Å². The Morgan fingerprint density at radius 1 is 0.420 bits per heavy atom. The Morgan fingerprint density at radius 2 is 1.00 bits per heavy atom. The topological polar surface area (TPSA) is 16.4 Å². The van der Waals surface area contributed by atoms with Gasteiger partial charge in [-0.15, -0.1) is 0 Å². The van der Waals surface area contributed by atoms with Crippen LogP contribution in [0, 0.1) is 0 Å². The molecule has 0 saturated heterocycles. The summed E-state index contributed by atoms with van der Waals surface area (Å²) >= 11 is 0. The first-order valence-electron chi connectivity index (χ1n) is 20.9. The number of fused-ring (bicyclic) bond motifs is 7. The number of furan rings is 1. The first-order valence-corrected chi connectivity index (χ1v) is 16.4. The molecule has 9 aromatic carbocycles. The van der Waals surface area contributed by atoms with Crippen LogP contribution in [0.2, 0.25) is 0 Å². The maximum atomic E-state index is 9.50. The molecule has 2 heteroatoms. The summed E-state index contributed by atoms with van der Waals surface area (Å²) in [6.45, 7) is 0. The molecule has 10 aromatic rings. The Bertz CT molecular complexity index is 3250. The molecule has 0 aliphatic heterocycles. The van der Waals surface area contributed by atoms with E-state index in [-0.39, 0.29) is 50.5 Å². The summed E-state index contributed by atoms with van der Waals surface area (Å²) in [7, 11) is 0. The SMILES string of the molecule is [2H]c1c([2H])c(N(c2ccc(-c3cccc4ccccc34)cc2)c2ccc(-c3cccc4ccccc34)cc2)c2c(oc3c4c([2H])c([2H])c([2H])c([2H])c4c([2H])c([2H])c32)c1[2H]. The quantitative estimate of drug-likeness (QED) is 0.185. The summed E-state index contributed by atoms with van der Waals surface area (Å²) in [5.41, 5.74) is 5.08. The third kappa shape index (κ3) is 4.57. The minimum atomic E-state index is -0.542. The normalized spacial score (nSPS) is 14.1. The number of benzene rings is 9. The molecular weight excluding hydrogens is 607 g/mol. The van der Waals surface area contributed by atoms with Crippen molar-refractivity contribution < 1.29 is 16.8 Å². The third-order valence-corrected chi connectivity index (χ3v) is 9.40. The van der Waals surface area contributed by atoms with Gasteiger partial charge in [0.15, 0.2) is 0 Å². The fourth-order valence-electron chi connectivity index (χ4n) is 7.06. The molecule has 0 radical (unpaired) electrons. The summed E-state index contributed by atoms with van der Waals surface area (Å²) in [5.74, 6) is 0. The Labute approximate surface area is 302 Å². The summed E-state index contributed by atoms with van der Waals surface area (Å²) in [5, 5.41) is 4.25. The van der Waals surface area contributed by atoms with Crippen molar-refractivity contribution in [2.75, 3.05) is 4.90 Å². The first kappa shape index (κ1) is 20.7. The first-order chi connectivity index (χ1) is 28.5. The van der Waals surface area contributed by atoms with Crippen molar-refractivity contribution in [2.45, 2.75) is 0 Å². The van der Waals surface area contributed by atoms with Gasteiger partial charge in [-0.1, -0.05) is 145 Å². The van der Waals surface area contributed by atoms with Crippen LogP contribution in [-0.2, 0) is 0 Å². The van der Waals surface area contributed by atoms with Gasteiger partial charge in [-0.25, -0.2) is 0 Å². The number of hydrogen-bond acceptors (Lipinski definition) is 2. The van der Waals surface area contributed by atoms with Crippen LogP contribution in [0.15, 0.2) is 192 Å². The van der Waals surface area contributed by atoms with Gasteiger partial charge >= 0.3 is 0 Å². The molecule has 0 spiro atoms. The lowest BCUT2D eigenvalue weighted by Gasteiger charge is -2.27. The van der Waals surface area contributed by atoms with Crippen LogP contribution >= 0.6 is 0 Å². The number of rotatable bonds is 5.